The summed E-state index contributed by atoms with van der Waals surface area (Å²) < 4.78 is 4.68. The minimum Gasteiger partial charge on any atom is -0.452 e. The Labute approximate surface area is 187 Å². The van der Waals surface area contributed by atoms with Crippen molar-refractivity contribution in [1.82, 2.24) is 9.97 Å². The lowest BCUT2D eigenvalue weighted by atomic mass is 10.2. The highest BCUT2D eigenvalue weighted by Crippen LogP contribution is 2.34. The predicted octanol–water partition coefficient (Wildman–Crippen LogP) is 3.55. The van der Waals surface area contributed by atoms with Crippen LogP contribution in [-0.2, 0) is 28.1 Å². The summed E-state index contributed by atoms with van der Waals surface area (Å²) in [5.74, 6) is 1.11. The van der Waals surface area contributed by atoms with Crippen LogP contribution in [0.25, 0.3) is 10.2 Å². The van der Waals surface area contributed by atoms with Crippen LogP contribution in [0.4, 0.5) is 16.2 Å². The molecule has 0 spiro atoms. The molecule has 4 rings (SSSR count). The second kappa shape index (κ2) is 9.11. The third-order valence-corrected chi connectivity index (χ3v) is 7.21. The largest absolute Gasteiger partial charge is 0.452 e. The van der Waals surface area contributed by atoms with Crippen LogP contribution in [0, 0.1) is 0 Å². The summed E-state index contributed by atoms with van der Waals surface area (Å²) in [5, 5.41) is 3.56. The van der Waals surface area contributed by atoms with Crippen LogP contribution in [0.1, 0.15) is 22.7 Å². The van der Waals surface area contributed by atoms with Crippen molar-refractivity contribution < 1.29 is 14.3 Å². The molecular weight excluding hydrogens is 436 g/mol. The van der Waals surface area contributed by atoms with Crippen molar-refractivity contribution in [1.29, 1.82) is 0 Å². The number of thiophene rings is 1. The smallest absolute Gasteiger partial charge is 0.413 e. The number of carbonyl (C=O) groups is 2. The van der Waals surface area contributed by atoms with Crippen molar-refractivity contribution in [2.24, 2.45) is 0 Å². The number of methoxy groups -OCH3 is 1. The number of hydrogen-bond acceptors (Lipinski definition) is 7. The number of aromatic amines is 1. The van der Waals surface area contributed by atoms with Crippen LogP contribution in [0.3, 0.4) is 0 Å². The van der Waals surface area contributed by atoms with Crippen LogP contribution in [-0.4, -0.2) is 41.9 Å². The SMILES string of the molecule is COC(=O)N(C)c1ccc(NC(=O)CSCc2nc3sc4c(c3c(=O)[nH]2)CCC4)cc1. The molecule has 2 N–H and O–H groups in total. The van der Waals surface area contributed by atoms with Gasteiger partial charge in [-0.2, -0.15) is 0 Å². The number of H-pyrrole nitrogens is 1. The minimum atomic E-state index is -0.467. The third kappa shape index (κ3) is 4.59. The van der Waals surface area contributed by atoms with Gasteiger partial charge < -0.3 is 15.0 Å². The van der Waals surface area contributed by atoms with E-state index in [9.17, 15) is 14.4 Å². The normalized spacial score (nSPS) is 12.6. The first-order valence-electron chi connectivity index (χ1n) is 9.79. The maximum Gasteiger partial charge on any atom is 0.413 e. The first-order valence-corrected chi connectivity index (χ1v) is 11.8. The monoisotopic (exact) mass is 458 g/mol. The van der Waals surface area contributed by atoms with E-state index in [1.165, 1.54) is 28.6 Å². The van der Waals surface area contributed by atoms with E-state index in [4.69, 9.17) is 0 Å². The number of aryl methyl sites for hydroxylation is 2. The van der Waals surface area contributed by atoms with Crippen LogP contribution in [0.5, 0.6) is 0 Å². The maximum atomic E-state index is 12.5. The number of nitrogens with zero attached hydrogens (tertiary/aromatic N) is 2. The zero-order valence-electron chi connectivity index (χ0n) is 17.2. The highest BCUT2D eigenvalue weighted by Gasteiger charge is 2.21. The molecule has 3 aromatic rings. The number of nitrogens with one attached hydrogen (secondary N) is 2. The second-order valence-electron chi connectivity index (χ2n) is 7.17. The van der Waals surface area contributed by atoms with Gasteiger partial charge in [0.1, 0.15) is 10.7 Å². The summed E-state index contributed by atoms with van der Waals surface area (Å²) in [5.41, 5.74) is 2.37. The maximum absolute atomic E-state index is 12.5. The number of amides is 2. The quantitative estimate of drug-likeness (QED) is 0.585. The lowest BCUT2D eigenvalue weighted by Crippen LogP contribution is -2.25. The van der Waals surface area contributed by atoms with Crippen LogP contribution in [0.2, 0.25) is 0 Å². The predicted molar refractivity (Wildman–Crippen MR) is 124 cm³/mol. The molecule has 0 atom stereocenters. The summed E-state index contributed by atoms with van der Waals surface area (Å²) in [7, 11) is 2.93. The Morgan fingerprint density at radius 2 is 2.06 bits per heavy atom. The summed E-state index contributed by atoms with van der Waals surface area (Å²) in [6.45, 7) is 0. The van der Waals surface area contributed by atoms with Crippen molar-refractivity contribution in [3.8, 4) is 0 Å². The van der Waals surface area contributed by atoms with Crippen molar-refractivity contribution in [2.75, 3.05) is 30.1 Å². The van der Waals surface area contributed by atoms with E-state index in [-0.39, 0.29) is 17.2 Å². The molecule has 162 valence electrons. The second-order valence-corrected chi connectivity index (χ2v) is 9.24. The lowest BCUT2D eigenvalue weighted by Gasteiger charge is -2.15. The Kier molecular flexibility index (Phi) is 6.28. The first kappa shape index (κ1) is 21.4. The summed E-state index contributed by atoms with van der Waals surface area (Å²) >= 11 is 3.00. The number of rotatable bonds is 6. The standard InChI is InChI=1S/C21H22N4O4S2/c1-25(21(28)29-2)13-8-6-12(7-9-13)22-17(26)11-30-10-16-23-19(27)18-14-4-3-5-15(14)31-20(18)24-16/h6-9H,3-5,10-11H2,1-2H3,(H,22,26)(H,23,24,27). The van der Waals surface area contributed by atoms with Crippen LogP contribution >= 0.6 is 23.1 Å². The number of carbonyl (C=O) groups excluding carboxylic acids is 2. The van der Waals surface area contributed by atoms with Gasteiger partial charge >= 0.3 is 6.09 Å². The molecule has 0 fully saturated rings. The Bertz CT molecular complexity index is 1190. The molecule has 0 radical (unpaired) electrons. The van der Waals surface area contributed by atoms with Gasteiger partial charge in [-0.05, 0) is 49.1 Å². The van der Waals surface area contributed by atoms with E-state index in [1.807, 2.05) is 0 Å². The average Bonchev–Trinajstić information content (AvgIpc) is 3.34. The zero-order chi connectivity index (χ0) is 22.0. The van der Waals surface area contributed by atoms with E-state index in [1.54, 1.807) is 42.6 Å². The van der Waals surface area contributed by atoms with Gasteiger partial charge in [-0.15, -0.1) is 23.1 Å². The molecule has 2 aromatic heterocycles. The molecule has 2 amide bonds. The van der Waals surface area contributed by atoms with Gasteiger partial charge in [0, 0.05) is 23.3 Å². The number of hydrogen-bond donors (Lipinski definition) is 2. The highest BCUT2D eigenvalue weighted by molar-refractivity contribution is 7.99. The highest BCUT2D eigenvalue weighted by atomic mass is 32.2. The average molecular weight is 459 g/mol. The van der Waals surface area contributed by atoms with E-state index in [0.29, 0.717) is 23.0 Å². The zero-order valence-corrected chi connectivity index (χ0v) is 18.8. The van der Waals surface area contributed by atoms with Gasteiger partial charge in [0.2, 0.25) is 5.91 Å². The van der Waals surface area contributed by atoms with Gasteiger partial charge in [0.25, 0.3) is 5.56 Å². The van der Waals surface area contributed by atoms with Crippen molar-refractivity contribution in [3.05, 3.63) is 50.9 Å². The van der Waals surface area contributed by atoms with Gasteiger partial charge in [-0.3, -0.25) is 14.5 Å². The number of anilines is 2. The number of fused-ring (bicyclic) bond motifs is 3. The van der Waals surface area contributed by atoms with E-state index < -0.39 is 6.09 Å². The minimum absolute atomic E-state index is 0.0820. The molecule has 8 nitrogen and oxygen atoms in total. The first-order chi connectivity index (χ1) is 15.0. The lowest BCUT2D eigenvalue weighted by molar-refractivity contribution is -0.113. The number of ether oxygens (including phenoxy) is 1. The van der Waals surface area contributed by atoms with Crippen molar-refractivity contribution in [2.45, 2.75) is 25.0 Å². The topological polar surface area (TPSA) is 104 Å². The molecule has 10 heteroatoms. The molecule has 1 aliphatic carbocycles. The third-order valence-electron chi connectivity index (χ3n) is 5.08. The summed E-state index contributed by atoms with van der Waals surface area (Å²) in [4.78, 5) is 47.2. The van der Waals surface area contributed by atoms with Crippen LogP contribution < -0.4 is 15.8 Å². The van der Waals surface area contributed by atoms with Crippen molar-refractivity contribution in [3.63, 3.8) is 0 Å². The fraction of sp³-hybridized carbons (Fsp3) is 0.333. The molecule has 0 saturated heterocycles. The molecule has 0 saturated carbocycles. The molecule has 2 heterocycles. The molecule has 0 bridgehead atoms. The van der Waals surface area contributed by atoms with Gasteiger partial charge in [-0.25, -0.2) is 9.78 Å². The van der Waals surface area contributed by atoms with Gasteiger partial charge in [0.05, 0.1) is 24.0 Å². The molecule has 0 aliphatic heterocycles. The van der Waals surface area contributed by atoms with Gasteiger partial charge in [-0.1, -0.05) is 0 Å². The van der Waals surface area contributed by atoms with E-state index in [0.717, 1.165) is 35.0 Å². The van der Waals surface area contributed by atoms with Crippen LogP contribution in [0.15, 0.2) is 29.1 Å². The molecule has 1 aliphatic rings. The Morgan fingerprint density at radius 3 is 2.81 bits per heavy atom. The Hall–Kier alpha value is -2.85. The number of thioether (sulfide) groups is 1. The Balaban J connectivity index is 1.31. The fourth-order valence-electron chi connectivity index (χ4n) is 3.56. The fourth-order valence-corrected chi connectivity index (χ4v) is 5.53. The molecule has 31 heavy (non-hydrogen) atoms. The van der Waals surface area contributed by atoms with E-state index >= 15 is 0 Å². The van der Waals surface area contributed by atoms with E-state index in [2.05, 4.69) is 20.0 Å². The number of aromatic nitrogens is 2. The molecule has 0 unspecified atom stereocenters. The Morgan fingerprint density at radius 1 is 1.29 bits per heavy atom. The number of benzene rings is 1. The summed E-state index contributed by atoms with van der Waals surface area (Å²) in [6.07, 6.45) is 2.62. The van der Waals surface area contributed by atoms with Gasteiger partial charge in [0.15, 0.2) is 0 Å². The summed E-state index contributed by atoms with van der Waals surface area (Å²) in [6, 6.07) is 6.89. The molecule has 1 aromatic carbocycles. The molecular formula is C21H22N4O4S2. The van der Waals surface area contributed by atoms with Crippen molar-refractivity contribution >= 4 is 56.7 Å².